The molecule has 0 atom stereocenters. The van der Waals surface area contributed by atoms with Gasteiger partial charge in [0.15, 0.2) is 0 Å². The summed E-state index contributed by atoms with van der Waals surface area (Å²) in [7, 11) is 1.59. The number of methoxy groups -OCH3 is 1. The Morgan fingerprint density at radius 3 is 2.08 bits per heavy atom. The van der Waals surface area contributed by atoms with E-state index < -0.39 is 0 Å². The zero-order valence-electron chi connectivity index (χ0n) is 19.8. The maximum atomic E-state index is 13.7. The summed E-state index contributed by atoms with van der Waals surface area (Å²) in [6.07, 6.45) is 1.75. The van der Waals surface area contributed by atoms with Gasteiger partial charge in [-0.05, 0) is 48.5 Å². The van der Waals surface area contributed by atoms with Crippen LogP contribution in [0.2, 0.25) is 0 Å². The second kappa shape index (κ2) is 10.0. The van der Waals surface area contributed by atoms with E-state index in [1.54, 1.807) is 27.8 Å². The highest BCUT2D eigenvalue weighted by atomic mass is 19.1. The lowest BCUT2D eigenvalue weighted by Crippen LogP contribution is -2.50. The highest BCUT2D eigenvalue weighted by molar-refractivity contribution is 6.01. The molecule has 8 heteroatoms. The number of para-hydroxylation sites is 2. The number of nitrogens with zero attached hydrogens (tertiary/aromatic N) is 4. The van der Waals surface area contributed by atoms with Gasteiger partial charge in [0.2, 0.25) is 0 Å². The third-order valence-corrected chi connectivity index (χ3v) is 6.27. The van der Waals surface area contributed by atoms with E-state index in [9.17, 15) is 14.0 Å². The molecule has 0 spiro atoms. The van der Waals surface area contributed by atoms with Crippen LogP contribution in [-0.4, -0.2) is 64.7 Å². The first kappa shape index (κ1) is 23.3. The molecular weight excluding hydrogens is 459 g/mol. The van der Waals surface area contributed by atoms with Gasteiger partial charge < -0.3 is 14.5 Å². The molecule has 0 aliphatic carbocycles. The Morgan fingerprint density at radius 2 is 1.42 bits per heavy atom. The number of ether oxygens (including phenoxy) is 1. The number of halogens is 1. The maximum Gasteiger partial charge on any atom is 0.257 e. The van der Waals surface area contributed by atoms with E-state index in [1.807, 2.05) is 54.6 Å². The number of carbonyl (C=O) groups excluding carboxylic acids is 2. The number of benzene rings is 3. The summed E-state index contributed by atoms with van der Waals surface area (Å²) >= 11 is 0. The largest absolute Gasteiger partial charge is 0.496 e. The van der Waals surface area contributed by atoms with Crippen LogP contribution in [0.15, 0.2) is 85.1 Å². The van der Waals surface area contributed by atoms with Crippen molar-refractivity contribution in [1.82, 2.24) is 19.6 Å². The van der Waals surface area contributed by atoms with Crippen LogP contribution in [0.1, 0.15) is 20.7 Å². The molecule has 2 heterocycles. The van der Waals surface area contributed by atoms with Gasteiger partial charge in [-0.25, -0.2) is 9.07 Å². The van der Waals surface area contributed by atoms with Gasteiger partial charge in [0, 0.05) is 43.5 Å². The van der Waals surface area contributed by atoms with Crippen molar-refractivity contribution in [2.45, 2.75) is 0 Å². The van der Waals surface area contributed by atoms with Crippen molar-refractivity contribution in [3.8, 4) is 22.7 Å². The molecular formula is C28H25FN4O3. The summed E-state index contributed by atoms with van der Waals surface area (Å²) in [6.45, 7) is 1.54. The van der Waals surface area contributed by atoms with E-state index in [1.165, 1.54) is 24.3 Å². The van der Waals surface area contributed by atoms with Crippen LogP contribution in [0.4, 0.5) is 4.39 Å². The highest BCUT2D eigenvalue weighted by Gasteiger charge is 2.29. The molecule has 0 bridgehead atoms. The summed E-state index contributed by atoms with van der Waals surface area (Å²) in [4.78, 5) is 29.9. The van der Waals surface area contributed by atoms with Crippen LogP contribution >= 0.6 is 0 Å². The van der Waals surface area contributed by atoms with E-state index in [0.29, 0.717) is 48.7 Å². The third-order valence-electron chi connectivity index (χ3n) is 6.27. The first-order chi connectivity index (χ1) is 17.5. The number of piperazine rings is 1. The molecule has 1 aromatic heterocycles. The molecule has 0 N–H and O–H groups in total. The van der Waals surface area contributed by atoms with E-state index in [4.69, 9.17) is 9.84 Å². The average Bonchev–Trinajstić information content (AvgIpc) is 3.38. The number of rotatable bonds is 5. The van der Waals surface area contributed by atoms with Crippen molar-refractivity contribution in [3.63, 3.8) is 0 Å². The fraction of sp³-hybridized carbons (Fsp3) is 0.179. The van der Waals surface area contributed by atoms with Crippen molar-refractivity contribution < 1.29 is 18.7 Å². The van der Waals surface area contributed by atoms with Crippen molar-refractivity contribution in [2.24, 2.45) is 0 Å². The van der Waals surface area contributed by atoms with Crippen LogP contribution in [0.3, 0.4) is 0 Å². The molecule has 36 heavy (non-hydrogen) atoms. The number of hydrogen-bond donors (Lipinski definition) is 0. The smallest absolute Gasteiger partial charge is 0.257 e. The van der Waals surface area contributed by atoms with Gasteiger partial charge in [-0.3, -0.25) is 9.59 Å². The number of amides is 2. The molecule has 0 unspecified atom stereocenters. The SMILES string of the molecule is COc1ccccc1-c1nn(-c2ccccc2)cc1C(=O)N1CCN(C(=O)c2ccc(F)cc2)CC1. The quantitative estimate of drug-likeness (QED) is 0.424. The Labute approximate surface area is 208 Å². The second-order valence-corrected chi connectivity index (χ2v) is 8.46. The second-order valence-electron chi connectivity index (χ2n) is 8.46. The van der Waals surface area contributed by atoms with E-state index in [0.717, 1.165) is 11.3 Å². The zero-order valence-corrected chi connectivity index (χ0v) is 19.8. The predicted molar refractivity (Wildman–Crippen MR) is 134 cm³/mol. The van der Waals surface area contributed by atoms with Crippen LogP contribution in [0.5, 0.6) is 5.75 Å². The molecule has 0 saturated carbocycles. The van der Waals surface area contributed by atoms with E-state index in [-0.39, 0.29) is 17.6 Å². The Bertz CT molecular complexity index is 1380. The summed E-state index contributed by atoms with van der Waals surface area (Å²) in [5.74, 6) is -0.0934. The fourth-order valence-electron chi connectivity index (χ4n) is 4.34. The van der Waals surface area contributed by atoms with Crippen molar-refractivity contribution in [2.75, 3.05) is 33.3 Å². The summed E-state index contributed by atoms with van der Waals surface area (Å²) in [5, 5.41) is 4.76. The highest BCUT2D eigenvalue weighted by Crippen LogP contribution is 2.32. The molecule has 4 aromatic rings. The van der Waals surface area contributed by atoms with Crippen LogP contribution < -0.4 is 4.74 Å². The van der Waals surface area contributed by atoms with Gasteiger partial charge in [-0.2, -0.15) is 5.10 Å². The topological polar surface area (TPSA) is 67.7 Å². The number of hydrogen-bond acceptors (Lipinski definition) is 4. The van der Waals surface area contributed by atoms with E-state index in [2.05, 4.69) is 0 Å². The lowest BCUT2D eigenvalue weighted by molar-refractivity contribution is 0.0536. The van der Waals surface area contributed by atoms with Gasteiger partial charge in [0.1, 0.15) is 17.3 Å². The van der Waals surface area contributed by atoms with Crippen LogP contribution in [-0.2, 0) is 0 Å². The number of aromatic nitrogens is 2. The van der Waals surface area contributed by atoms with Crippen LogP contribution in [0.25, 0.3) is 16.9 Å². The molecule has 182 valence electrons. The molecule has 3 aromatic carbocycles. The molecule has 2 amide bonds. The van der Waals surface area contributed by atoms with E-state index >= 15 is 0 Å². The minimum atomic E-state index is -0.385. The first-order valence-electron chi connectivity index (χ1n) is 11.7. The third kappa shape index (κ3) is 4.57. The van der Waals surface area contributed by atoms with Gasteiger partial charge >= 0.3 is 0 Å². The van der Waals surface area contributed by atoms with Gasteiger partial charge in [-0.15, -0.1) is 0 Å². The van der Waals surface area contributed by atoms with Crippen LogP contribution in [0, 0.1) is 5.82 Å². The Hall–Kier alpha value is -4.46. The van der Waals surface area contributed by atoms with Gasteiger partial charge in [0.25, 0.3) is 11.8 Å². The van der Waals surface area contributed by atoms with Crippen molar-refractivity contribution in [1.29, 1.82) is 0 Å². The summed E-state index contributed by atoms with van der Waals surface area (Å²) in [6, 6.07) is 22.6. The standard InChI is InChI=1S/C28H25FN4O3/c1-36-25-10-6-5-9-23(25)26-24(19-33(30-26)22-7-3-2-4-8-22)28(35)32-17-15-31(16-18-32)27(34)20-11-13-21(29)14-12-20/h2-14,19H,15-18H2,1H3. The molecule has 5 rings (SSSR count). The van der Waals surface area contributed by atoms with Gasteiger partial charge in [0.05, 0.1) is 18.4 Å². The molecule has 0 radical (unpaired) electrons. The normalized spacial score (nSPS) is 13.5. The van der Waals surface area contributed by atoms with Crippen molar-refractivity contribution >= 4 is 11.8 Å². The lowest BCUT2D eigenvalue weighted by Gasteiger charge is -2.34. The molecule has 1 fully saturated rings. The average molecular weight is 485 g/mol. The Kier molecular flexibility index (Phi) is 6.49. The minimum Gasteiger partial charge on any atom is -0.496 e. The molecule has 1 saturated heterocycles. The maximum absolute atomic E-state index is 13.7. The summed E-state index contributed by atoms with van der Waals surface area (Å²) < 4.78 is 20.5. The lowest BCUT2D eigenvalue weighted by atomic mass is 10.1. The molecule has 1 aliphatic rings. The predicted octanol–water partition coefficient (Wildman–Crippen LogP) is 4.29. The fourth-order valence-corrected chi connectivity index (χ4v) is 4.34. The monoisotopic (exact) mass is 484 g/mol. The summed E-state index contributed by atoms with van der Waals surface area (Å²) in [5.41, 5.74) is 2.98. The first-order valence-corrected chi connectivity index (χ1v) is 11.7. The Balaban J connectivity index is 1.41. The number of carbonyl (C=O) groups is 2. The Morgan fingerprint density at radius 1 is 0.806 bits per heavy atom. The zero-order chi connectivity index (χ0) is 25.1. The van der Waals surface area contributed by atoms with Gasteiger partial charge in [-0.1, -0.05) is 30.3 Å². The minimum absolute atomic E-state index is 0.160. The molecule has 1 aliphatic heterocycles. The molecule has 7 nitrogen and oxygen atoms in total. The van der Waals surface area contributed by atoms with Crippen molar-refractivity contribution in [3.05, 3.63) is 102 Å².